The van der Waals surface area contributed by atoms with Gasteiger partial charge >= 0.3 is 0 Å². The molecule has 0 saturated heterocycles. The van der Waals surface area contributed by atoms with E-state index < -0.39 is 0 Å². The van der Waals surface area contributed by atoms with Gasteiger partial charge in [0, 0.05) is 26.6 Å². The average Bonchev–Trinajstić information content (AvgIpc) is 2.81. The van der Waals surface area contributed by atoms with Gasteiger partial charge in [0.2, 0.25) is 0 Å². The molecule has 98 valence electrons. The minimum absolute atomic E-state index is 0.301. The summed E-state index contributed by atoms with van der Waals surface area (Å²) in [5.74, 6) is 1.17. The maximum Gasteiger partial charge on any atom is 0.257 e. The quantitative estimate of drug-likeness (QED) is 0.719. The lowest BCUT2D eigenvalue weighted by atomic mass is 10.3. The number of likely N-dealkylation sites (N-methyl/N-ethyl adjacent to an activating group) is 1. The summed E-state index contributed by atoms with van der Waals surface area (Å²) < 4.78 is 10.3. The Hall–Kier alpha value is -0.980. The topological polar surface area (TPSA) is 77.4 Å². The van der Waals surface area contributed by atoms with E-state index in [1.54, 1.807) is 7.11 Å². The molecule has 0 aliphatic rings. The molecule has 0 amide bonds. The maximum absolute atomic E-state index is 5.53. The molecule has 0 aliphatic carbocycles. The number of hydrogen-bond donors (Lipinski definition) is 1. The fourth-order valence-electron chi connectivity index (χ4n) is 1.60. The number of ether oxygens (including phenoxy) is 1. The fraction of sp³-hybridized carbons (Fsp3) is 0.818. The van der Waals surface area contributed by atoms with Crippen LogP contribution in [0.15, 0.2) is 4.52 Å². The monoisotopic (exact) mass is 242 g/mol. The van der Waals surface area contributed by atoms with E-state index in [-0.39, 0.29) is 6.10 Å². The molecule has 0 radical (unpaired) electrons. The summed E-state index contributed by atoms with van der Waals surface area (Å²) in [5, 5.41) is 3.93. The lowest BCUT2D eigenvalue weighted by Gasteiger charge is -2.16. The van der Waals surface area contributed by atoms with E-state index in [2.05, 4.69) is 28.9 Å². The fourth-order valence-corrected chi connectivity index (χ4v) is 1.60. The van der Waals surface area contributed by atoms with E-state index in [0.29, 0.717) is 18.3 Å². The highest BCUT2D eigenvalue weighted by molar-refractivity contribution is 4.91. The van der Waals surface area contributed by atoms with Crippen molar-refractivity contribution in [2.45, 2.75) is 26.4 Å². The van der Waals surface area contributed by atoms with Gasteiger partial charge in [-0.1, -0.05) is 19.0 Å². The Labute approximate surface area is 102 Å². The highest BCUT2D eigenvalue weighted by Crippen LogP contribution is 2.12. The van der Waals surface area contributed by atoms with Crippen LogP contribution in [-0.4, -0.2) is 48.3 Å². The van der Waals surface area contributed by atoms with Crippen molar-refractivity contribution >= 4 is 0 Å². The normalized spacial score (nSPS) is 13.2. The van der Waals surface area contributed by atoms with Crippen LogP contribution < -0.4 is 5.73 Å². The van der Waals surface area contributed by atoms with Crippen molar-refractivity contribution in [3.8, 4) is 0 Å². The summed E-state index contributed by atoms with van der Waals surface area (Å²) in [7, 11) is 1.58. The van der Waals surface area contributed by atoms with Gasteiger partial charge in [-0.15, -0.1) is 0 Å². The van der Waals surface area contributed by atoms with Crippen LogP contribution in [0.5, 0.6) is 0 Å². The molecule has 0 bridgehead atoms. The predicted octanol–water partition coefficient (Wildman–Crippen LogP) is 0.600. The molecule has 1 aromatic rings. The number of methoxy groups -OCH3 is 1. The van der Waals surface area contributed by atoms with Gasteiger partial charge in [-0.2, -0.15) is 4.98 Å². The first-order valence-electron chi connectivity index (χ1n) is 6.02. The molecule has 0 saturated carbocycles. The Morgan fingerprint density at radius 1 is 1.41 bits per heavy atom. The molecule has 1 unspecified atom stereocenters. The van der Waals surface area contributed by atoms with Gasteiger partial charge in [-0.05, 0) is 13.1 Å². The number of rotatable bonds is 8. The van der Waals surface area contributed by atoms with Crippen molar-refractivity contribution < 1.29 is 9.26 Å². The van der Waals surface area contributed by atoms with Crippen molar-refractivity contribution in [2.24, 2.45) is 5.73 Å². The maximum atomic E-state index is 5.53. The first kappa shape index (κ1) is 14.1. The summed E-state index contributed by atoms with van der Waals surface area (Å²) in [6.45, 7) is 7.62. The Morgan fingerprint density at radius 3 is 2.65 bits per heavy atom. The van der Waals surface area contributed by atoms with Crippen molar-refractivity contribution in [2.75, 3.05) is 33.3 Å². The van der Waals surface area contributed by atoms with Gasteiger partial charge in [0.15, 0.2) is 5.82 Å². The molecule has 17 heavy (non-hydrogen) atoms. The summed E-state index contributed by atoms with van der Waals surface area (Å²) in [4.78, 5) is 6.60. The van der Waals surface area contributed by atoms with Gasteiger partial charge < -0.3 is 19.9 Å². The third-order valence-corrected chi connectivity index (χ3v) is 2.80. The number of nitrogens with two attached hydrogens (primary N) is 1. The van der Waals surface area contributed by atoms with E-state index in [4.69, 9.17) is 15.0 Å². The molecule has 0 aromatic carbocycles. The lowest BCUT2D eigenvalue weighted by Crippen LogP contribution is -2.25. The Bertz CT molecular complexity index is 308. The summed E-state index contributed by atoms with van der Waals surface area (Å²) in [6.07, 6.45) is 0.483. The molecular formula is C11H22N4O2. The molecule has 6 nitrogen and oxygen atoms in total. The lowest BCUT2D eigenvalue weighted by molar-refractivity contribution is 0.0804. The second-order valence-corrected chi connectivity index (χ2v) is 3.79. The largest absolute Gasteiger partial charge is 0.370 e. The second kappa shape index (κ2) is 7.37. The summed E-state index contributed by atoms with van der Waals surface area (Å²) in [5.41, 5.74) is 5.53. The highest BCUT2D eigenvalue weighted by Gasteiger charge is 2.16. The van der Waals surface area contributed by atoms with Crippen molar-refractivity contribution in [1.29, 1.82) is 0 Å². The molecule has 0 spiro atoms. The number of nitrogens with zero attached hydrogens (tertiary/aromatic N) is 3. The highest BCUT2D eigenvalue weighted by atomic mass is 16.5. The molecule has 1 atom stereocenters. The molecule has 1 aromatic heterocycles. The standard InChI is InChI=1S/C11H22N4O2/c1-4-15(5-2)7-6-10-13-11(17-14-10)9(8-12)16-3/h9H,4-8,12H2,1-3H3. The molecule has 1 rings (SSSR count). The van der Waals surface area contributed by atoms with Crippen LogP contribution in [0.2, 0.25) is 0 Å². The van der Waals surface area contributed by atoms with Gasteiger partial charge in [0.1, 0.15) is 6.10 Å². The molecule has 0 fully saturated rings. The number of hydrogen-bond acceptors (Lipinski definition) is 6. The zero-order chi connectivity index (χ0) is 12.7. The Kier molecular flexibility index (Phi) is 6.10. The first-order valence-corrected chi connectivity index (χ1v) is 6.02. The SMILES string of the molecule is CCN(CC)CCc1noc(C(CN)OC)n1. The van der Waals surface area contributed by atoms with Crippen LogP contribution in [0.3, 0.4) is 0 Å². The Morgan fingerprint density at radius 2 is 2.12 bits per heavy atom. The Balaban J connectivity index is 2.50. The summed E-state index contributed by atoms with van der Waals surface area (Å²) in [6, 6.07) is 0. The van der Waals surface area contributed by atoms with E-state index in [1.165, 1.54) is 0 Å². The average molecular weight is 242 g/mol. The minimum Gasteiger partial charge on any atom is -0.370 e. The second-order valence-electron chi connectivity index (χ2n) is 3.79. The predicted molar refractivity (Wildman–Crippen MR) is 64.6 cm³/mol. The van der Waals surface area contributed by atoms with Crippen LogP contribution in [0, 0.1) is 0 Å². The smallest absolute Gasteiger partial charge is 0.257 e. The first-order chi connectivity index (χ1) is 8.24. The van der Waals surface area contributed by atoms with Crippen LogP contribution in [0.25, 0.3) is 0 Å². The molecule has 0 aliphatic heterocycles. The number of aromatic nitrogens is 2. The van der Waals surface area contributed by atoms with Crippen LogP contribution in [0.4, 0.5) is 0 Å². The molecule has 1 heterocycles. The van der Waals surface area contributed by atoms with Gasteiger partial charge in [-0.3, -0.25) is 0 Å². The van der Waals surface area contributed by atoms with Gasteiger partial charge in [0.25, 0.3) is 5.89 Å². The zero-order valence-electron chi connectivity index (χ0n) is 10.8. The van der Waals surface area contributed by atoms with Crippen LogP contribution in [-0.2, 0) is 11.2 Å². The van der Waals surface area contributed by atoms with E-state index in [1.807, 2.05) is 0 Å². The van der Waals surface area contributed by atoms with Crippen LogP contribution in [0.1, 0.15) is 31.7 Å². The van der Waals surface area contributed by atoms with Gasteiger partial charge in [-0.25, -0.2) is 0 Å². The van der Waals surface area contributed by atoms with Crippen molar-refractivity contribution in [3.05, 3.63) is 11.7 Å². The van der Waals surface area contributed by atoms with E-state index in [9.17, 15) is 0 Å². The summed E-state index contributed by atoms with van der Waals surface area (Å²) >= 11 is 0. The minimum atomic E-state index is -0.301. The third-order valence-electron chi connectivity index (χ3n) is 2.80. The molecule has 6 heteroatoms. The van der Waals surface area contributed by atoms with Gasteiger partial charge in [0.05, 0.1) is 0 Å². The van der Waals surface area contributed by atoms with Crippen LogP contribution >= 0.6 is 0 Å². The van der Waals surface area contributed by atoms with Crippen molar-refractivity contribution in [1.82, 2.24) is 15.0 Å². The van der Waals surface area contributed by atoms with Crippen molar-refractivity contribution in [3.63, 3.8) is 0 Å². The van der Waals surface area contributed by atoms with E-state index in [0.717, 1.165) is 26.1 Å². The van der Waals surface area contributed by atoms with E-state index >= 15 is 0 Å². The molecular weight excluding hydrogens is 220 g/mol. The molecule has 2 N–H and O–H groups in total. The third kappa shape index (κ3) is 4.07. The zero-order valence-corrected chi connectivity index (χ0v) is 10.8.